The van der Waals surface area contributed by atoms with Crippen molar-refractivity contribution in [2.45, 2.75) is 32.2 Å². The second-order valence-corrected chi connectivity index (χ2v) is 7.48. The summed E-state index contributed by atoms with van der Waals surface area (Å²) in [5.41, 5.74) is 6.35. The Morgan fingerprint density at radius 1 is 1.35 bits per heavy atom. The number of aryl methyl sites for hydroxylation is 1. The van der Waals surface area contributed by atoms with Gasteiger partial charge in [-0.25, -0.2) is 13.8 Å². The van der Waals surface area contributed by atoms with Crippen LogP contribution in [0.1, 0.15) is 44.7 Å². The van der Waals surface area contributed by atoms with E-state index in [1.165, 1.54) is 10.7 Å². The Kier molecular flexibility index (Phi) is 4.03. The molecular weight excluding hydrogens is 360 g/mol. The lowest BCUT2D eigenvalue weighted by Crippen LogP contribution is -2.13. The normalized spacial score (nSPS) is 14.0. The first-order valence-electron chi connectivity index (χ1n) is 8.07. The van der Waals surface area contributed by atoms with Gasteiger partial charge in [0.2, 0.25) is 0 Å². The molecule has 9 heteroatoms. The zero-order valence-corrected chi connectivity index (χ0v) is 14.7. The average molecular weight is 375 g/mol. The number of nitrogens with zero attached hydrogens (tertiary/aromatic N) is 4. The maximum atomic E-state index is 14.0. The predicted octanol–water partition coefficient (Wildman–Crippen LogP) is 3.01. The third kappa shape index (κ3) is 2.98. The summed E-state index contributed by atoms with van der Waals surface area (Å²) in [6.07, 6.45) is 4.11. The first-order chi connectivity index (χ1) is 12.4. The van der Waals surface area contributed by atoms with Gasteiger partial charge < -0.3 is 5.73 Å². The van der Waals surface area contributed by atoms with E-state index in [2.05, 4.69) is 15.1 Å². The summed E-state index contributed by atoms with van der Waals surface area (Å²) >= 11 is 1.59. The highest BCUT2D eigenvalue weighted by Gasteiger charge is 2.29. The molecule has 2 N–H and O–H groups in total. The third-order valence-corrected chi connectivity index (χ3v) is 5.41. The van der Waals surface area contributed by atoms with Crippen LogP contribution in [0.25, 0.3) is 11.4 Å². The number of halogens is 2. The van der Waals surface area contributed by atoms with Crippen LogP contribution in [0.3, 0.4) is 0 Å². The molecule has 3 heterocycles. The molecule has 0 bridgehead atoms. The van der Waals surface area contributed by atoms with Gasteiger partial charge in [-0.3, -0.25) is 14.5 Å². The van der Waals surface area contributed by atoms with Gasteiger partial charge in [0.05, 0.1) is 29.6 Å². The molecule has 0 unspecified atom stereocenters. The molecule has 3 aromatic rings. The number of pyridine rings is 1. The summed E-state index contributed by atoms with van der Waals surface area (Å²) in [5.74, 6) is -1.79. The second kappa shape index (κ2) is 6.24. The molecule has 1 aliphatic carbocycles. The summed E-state index contributed by atoms with van der Waals surface area (Å²) in [6.45, 7) is 1.73. The number of thiazole rings is 1. The molecule has 1 amide bonds. The molecule has 1 aliphatic rings. The number of aromatic nitrogens is 4. The van der Waals surface area contributed by atoms with E-state index in [0.29, 0.717) is 17.3 Å². The highest BCUT2D eigenvalue weighted by atomic mass is 32.1. The van der Waals surface area contributed by atoms with Gasteiger partial charge in [-0.15, -0.1) is 11.3 Å². The topological polar surface area (TPSA) is 86.7 Å². The summed E-state index contributed by atoms with van der Waals surface area (Å²) in [6, 6.07) is 1.51. The zero-order valence-electron chi connectivity index (χ0n) is 13.9. The molecule has 4 rings (SSSR count). The molecule has 0 atom stereocenters. The number of carbonyl (C=O) groups excluding carboxylic acids is 1. The van der Waals surface area contributed by atoms with Crippen molar-refractivity contribution in [3.63, 3.8) is 0 Å². The fourth-order valence-electron chi connectivity index (χ4n) is 2.75. The molecule has 0 radical (unpaired) electrons. The van der Waals surface area contributed by atoms with Crippen LogP contribution in [0.4, 0.5) is 8.78 Å². The van der Waals surface area contributed by atoms with Crippen LogP contribution in [0.2, 0.25) is 0 Å². The monoisotopic (exact) mass is 375 g/mol. The molecular formula is C17H15F2N5OS. The number of rotatable bonds is 5. The maximum absolute atomic E-state index is 14.0. The van der Waals surface area contributed by atoms with Crippen LogP contribution in [-0.4, -0.2) is 25.7 Å². The molecule has 1 fully saturated rings. The van der Waals surface area contributed by atoms with Crippen molar-refractivity contribution >= 4 is 17.2 Å². The minimum Gasteiger partial charge on any atom is -0.364 e. The first kappa shape index (κ1) is 16.8. The van der Waals surface area contributed by atoms with Gasteiger partial charge in [-0.05, 0) is 25.8 Å². The van der Waals surface area contributed by atoms with E-state index in [0.717, 1.165) is 35.1 Å². The van der Waals surface area contributed by atoms with E-state index in [-0.39, 0.29) is 17.8 Å². The number of carbonyl (C=O) groups is 1. The molecule has 134 valence electrons. The van der Waals surface area contributed by atoms with Crippen molar-refractivity contribution in [1.29, 1.82) is 0 Å². The molecule has 6 nitrogen and oxygen atoms in total. The Labute approximate surface area is 151 Å². The summed E-state index contributed by atoms with van der Waals surface area (Å²) in [5, 5.41) is 5.16. The quantitative estimate of drug-likeness (QED) is 0.743. The van der Waals surface area contributed by atoms with Gasteiger partial charge in [0, 0.05) is 16.4 Å². The molecule has 0 spiro atoms. The highest BCUT2D eigenvalue weighted by Crippen LogP contribution is 2.44. The van der Waals surface area contributed by atoms with E-state index in [4.69, 9.17) is 5.73 Å². The maximum Gasteiger partial charge on any atom is 0.269 e. The standard InChI is InChI=1S/C17H15F2N5OS/c1-8-15(22-17(26-8)9-2-3-9)14-4-13(16(20)25)23-24(14)7-10-11(18)5-21-6-12(10)19/h4-6,9H,2-3,7H2,1H3,(H2,20,25). The Balaban J connectivity index is 1.80. The summed E-state index contributed by atoms with van der Waals surface area (Å²) in [7, 11) is 0. The number of hydrogen-bond acceptors (Lipinski definition) is 5. The minimum atomic E-state index is -0.777. The number of amides is 1. The van der Waals surface area contributed by atoms with E-state index in [9.17, 15) is 13.6 Å². The molecule has 0 aromatic carbocycles. The van der Waals surface area contributed by atoms with Gasteiger partial charge in [0.1, 0.15) is 17.3 Å². The van der Waals surface area contributed by atoms with Gasteiger partial charge >= 0.3 is 0 Å². The van der Waals surface area contributed by atoms with Crippen molar-refractivity contribution in [2.24, 2.45) is 5.73 Å². The van der Waals surface area contributed by atoms with E-state index in [1.54, 1.807) is 11.3 Å². The summed E-state index contributed by atoms with van der Waals surface area (Å²) < 4.78 is 29.3. The molecule has 0 aliphatic heterocycles. The first-order valence-corrected chi connectivity index (χ1v) is 8.89. The minimum absolute atomic E-state index is 0.0234. The Morgan fingerprint density at radius 2 is 2.04 bits per heavy atom. The number of hydrogen-bond donors (Lipinski definition) is 1. The van der Waals surface area contributed by atoms with Crippen LogP contribution in [0.15, 0.2) is 18.5 Å². The fourth-order valence-corrected chi connectivity index (χ4v) is 3.85. The van der Waals surface area contributed by atoms with Crippen LogP contribution in [0, 0.1) is 18.6 Å². The van der Waals surface area contributed by atoms with E-state index >= 15 is 0 Å². The molecule has 3 aromatic heterocycles. The average Bonchev–Trinajstić information content (AvgIpc) is 3.24. The van der Waals surface area contributed by atoms with E-state index in [1.807, 2.05) is 6.92 Å². The lowest BCUT2D eigenvalue weighted by molar-refractivity contribution is 0.0995. The summed E-state index contributed by atoms with van der Waals surface area (Å²) in [4.78, 5) is 20.7. The van der Waals surface area contributed by atoms with Gasteiger partial charge in [-0.1, -0.05) is 0 Å². The van der Waals surface area contributed by atoms with Crippen LogP contribution in [0.5, 0.6) is 0 Å². The van der Waals surface area contributed by atoms with Crippen molar-refractivity contribution in [3.8, 4) is 11.4 Å². The lowest BCUT2D eigenvalue weighted by atomic mass is 10.2. The van der Waals surface area contributed by atoms with Crippen LogP contribution < -0.4 is 5.73 Å². The molecule has 0 saturated heterocycles. The molecule has 1 saturated carbocycles. The van der Waals surface area contributed by atoms with Crippen LogP contribution in [-0.2, 0) is 6.54 Å². The Morgan fingerprint density at radius 3 is 2.65 bits per heavy atom. The fraction of sp³-hybridized carbons (Fsp3) is 0.294. The van der Waals surface area contributed by atoms with Crippen molar-refractivity contribution in [1.82, 2.24) is 19.7 Å². The highest BCUT2D eigenvalue weighted by molar-refractivity contribution is 7.12. The largest absolute Gasteiger partial charge is 0.364 e. The molecule has 26 heavy (non-hydrogen) atoms. The van der Waals surface area contributed by atoms with Gasteiger partial charge in [-0.2, -0.15) is 5.10 Å². The SMILES string of the molecule is Cc1sc(C2CC2)nc1-c1cc(C(N)=O)nn1Cc1c(F)cncc1F. The van der Waals surface area contributed by atoms with Crippen molar-refractivity contribution in [3.05, 3.63) is 51.2 Å². The number of primary amides is 1. The lowest BCUT2D eigenvalue weighted by Gasteiger charge is -2.08. The van der Waals surface area contributed by atoms with Gasteiger partial charge in [0.25, 0.3) is 5.91 Å². The second-order valence-electron chi connectivity index (χ2n) is 6.25. The van der Waals surface area contributed by atoms with Crippen molar-refractivity contribution in [2.75, 3.05) is 0 Å². The number of nitrogens with two attached hydrogens (primary N) is 1. The Hall–Kier alpha value is -2.68. The Bertz CT molecular complexity index is 988. The zero-order chi connectivity index (χ0) is 18.4. The van der Waals surface area contributed by atoms with Crippen molar-refractivity contribution < 1.29 is 13.6 Å². The van der Waals surface area contributed by atoms with Gasteiger partial charge in [0.15, 0.2) is 5.69 Å². The van der Waals surface area contributed by atoms with E-state index < -0.39 is 17.5 Å². The smallest absolute Gasteiger partial charge is 0.269 e. The van der Waals surface area contributed by atoms with Crippen LogP contribution >= 0.6 is 11.3 Å². The third-order valence-electron chi connectivity index (χ3n) is 4.27. The predicted molar refractivity (Wildman–Crippen MR) is 91.8 cm³/mol.